The highest BCUT2D eigenvalue weighted by Gasteiger charge is 2.48. The van der Waals surface area contributed by atoms with Gasteiger partial charge in [-0.3, -0.25) is 9.59 Å². The molecule has 0 aliphatic carbocycles. The molecule has 1 heterocycles. The highest BCUT2D eigenvalue weighted by molar-refractivity contribution is 5.73. The van der Waals surface area contributed by atoms with Crippen LogP contribution in [0.2, 0.25) is 0 Å². The van der Waals surface area contributed by atoms with Gasteiger partial charge in [0.2, 0.25) is 5.91 Å². The molecule has 0 aromatic heterocycles. The average molecular weight is 506 g/mol. The van der Waals surface area contributed by atoms with Gasteiger partial charge >= 0.3 is 5.97 Å². The van der Waals surface area contributed by atoms with Crippen LogP contribution in [0.3, 0.4) is 0 Å². The zero-order valence-electron chi connectivity index (χ0n) is 20.7. The van der Waals surface area contributed by atoms with Crippen molar-refractivity contribution in [3.8, 4) is 0 Å². The number of benzene rings is 3. The van der Waals surface area contributed by atoms with Gasteiger partial charge in [-0.2, -0.15) is 0 Å². The van der Waals surface area contributed by atoms with E-state index in [2.05, 4.69) is 5.32 Å². The predicted molar refractivity (Wildman–Crippen MR) is 135 cm³/mol. The van der Waals surface area contributed by atoms with Crippen LogP contribution >= 0.6 is 0 Å². The Morgan fingerprint density at radius 2 is 1.30 bits per heavy atom. The van der Waals surface area contributed by atoms with Gasteiger partial charge in [0.25, 0.3) is 0 Å². The summed E-state index contributed by atoms with van der Waals surface area (Å²) in [6.45, 7) is 2.28. The molecule has 3 aromatic carbocycles. The number of nitrogens with one attached hydrogen (secondary N) is 1. The van der Waals surface area contributed by atoms with Crippen LogP contribution in [0, 0.1) is 0 Å². The number of esters is 1. The maximum atomic E-state index is 11.8. The van der Waals surface area contributed by atoms with Gasteiger partial charge in [-0.15, -0.1) is 0 Å². The highest BCUT2D eigenvalue weighted by Crippen LogP contribution is 2.41. The zero-order chi connectivity index (χ0) is 26.4. The van der Waals surface area contributed by atoms with Crippen LogP contribution in [0.4, 0.5) is 0 Å². The molecule has 8 heteroatoms. The standard InChI is InChI=1S/C29H31NO7/c1-19(31)30-25-27(36-20(2)32)26(33)24(37-28(25)34)18-35-29(21-12-6-3-7-13-21,22-14-8-4-9-15-22)23-16-10-5-11-17-23/h3-17,24-28,33-34H,18H2,1-2H3,(H,30,31)/t24-,25+,26+,27+,28-/m0/s1. The molecule has 1 aliphatic heterocycles. The molecule has 1 amide bonds. The highest BCUT2D eigenvalue weighted by atomic mass is 16.6. The molecule has 4 rings (SSSR count). The summed E-state index contributed by atoms with van der Waals surface area (Å²) in [6, 6.07) is 27.9. The lowest BCUT2D eigenvalue weighted by molar-refractivity contribution is -0.264. The number of aliphatic hydroxyl groups excluding tert-OH is 2. The molecule has 0 saturated carbocycles. The number of aliphatic hydroxyl groups is 2. The minimum Gasteiger partial charge on any atom is -0.457 e. The molecule has 1 fully saturated rings. The largest absolute Gasteiger partial charge is 0.457 e. The van der Waals surface area contributed by atoms with Crippen molar-refractivity contribution in [3.05, 3.63) is 108 Å². The van der Waals surface area contributed by atoms with Crippen molar-refractivity contribution >= 4 is 11.9 Å². The molecule has 0 bridgehead atoms. The Hall–Kier alpha value is -3.56. The molecule has 8 nitrogen and oxygen atoms in total. The zero-order valence-corrected chi connectivity index (χ0v) is 20.7. The number of carbonyl (C=O) groups is 2. The molecule has 3 aromatic rings. The maximum absolute atomic E-state index is 11.8. The van der Waals surface area contributed by atoms with E-state index in [0.717, 1.165) is 16.7 Å². The van der Waals surface area contributed by atoms with E-state index >= 15 is 0 Å². The number of rotatable bonds is 8. The second kappa shape index (κ2) is 11.7. The van der Waals surface area contributed by atoms with E-state index in [0.29, 0.717) is 0 Å². The van der Waals surface area contributed by atoms with Crippen LogP contribution in [0.1, 0.15) is 30.5 Å². The molecular formula is C29H31NO7. The molecule has 1 saturated heterocycles. The van der Waals surface area contributed by atoms with Gasteiger partial charge in [-0.05, 0) is 16.7 Å². The van der Waals surface area contributed by atoms with Crippen LogP contribution in [0.25, 0.3) is 0 Å². The van der Waals surface area contributed by atoms with Crippen molar-refractivity contribution in [1.82, 2.24) is 5.32 Å². The molecule has 0 spiro atoms. The molecule has 37 heavy (non-hydrogen) atoms. The van der Waals surface area contributed by atoms with E-state index in [1.807, 2.05) is 91.0 Å². The average Bonchev–Trinajstić information content (AvgIpc) is 2.90. The van der Waals surface area contributed by atoms with Crippen molar-refractivity contribution in [2.45, 2.75) is 50.1 Å². The van der Waals surface area contributed by atoms with Gasteiger partial charge in [0, 0.05) is 13.8 Å². The third kappa shape index (κ3) is 5.73. The van der Waals surface area contributed by atoms with E-state index in [1.54, 1.807) is 0 Å². The smallest absolute Gasteiger partial charge is 0.303 e. The fraction of sp³-hybridized carbons (Fsp3) is 0.310. The normalized spacial score (nSPS) is 23.7. The van der Waals surface area contributed by atoms with E-state index in [-0.39, 0.29) is 6.61 Å². The Morgan fingerprint density at radius 3 is 1.70 bits per heavy atom. The maximum Gasteiger partial charge on any atom is 0.303 e. The molecule has 5 atom stereocenters. The van der Waals surface area contributed by atoms with Gasteiger partial charge in [0.05, 0.1) is 6.61 Å². The van der Waals surface area contributed by atoms with Gasteiger partial charge in [-0.1, -0.05) is 91.0 Å². The fourth-order valence-corrected chi connectivity index (χ4v) is 4.77. The number of hydrogen-bond acceptors (Lipinski definition) is 7. The van der Waals surface area contributed by atoms with Crippen molar-refractivity contribution in [1.29, 1.82) is 0 Å². The number of ether oxygens (including phenoxy) is 3. The third-order valence-electron chi connectivity index (χ3n) is 6.37. The van der Waals surface area contributed by atoms with E-state index in [1.165, 1.54) is 13.8 Å². The Balaban J connectivity index is 1.73. The Labute approximate surface area is 215 Å². The summed E-state index contributed by atoms with van der Waals surface area (Å²) < 4.78 is 17.7. The van der Waals surface area contributed by atoms with Crippen LogP contribution in [-0.4, -0.2) is 59.3 Å². The summed E-state index contributed by atoms with van der Waals surface area (Å²) in [5, 5.41) is 24.3. The van der Waals surface area contributed by atoms with Gasteiger partial charge in [0.1, 0.15) is 23.9 Å². The van der Waals surface area contributed by atoms with Gasteiger partial charge in [0.15, 0.2) is 12.4 Å². The predicted octanol–water partition coefficient (Wildman–Crippen LogP) is 2.51. The first-order chi connectivity index (χ1) is 17.8. The second-order valence-electron chi connectivity index (χ2n) is 8.95. The summed E-state index contributed by atoms with van der Waals surface area (Å²) in [7, 11) is 0. The molecular weight excluding hydrogens is 474 g/mol. The quantitative estimate of drug-likeness (QED) is 0.318. The lowest BCUT2D eigenvalue weighted by atomic mass is 9.80. The van der Waals surface area contributed by atoms with Crippen LogP contribution in [0.5, 0.6) is 0 Å². The Bertz CT molecular complexity index is 1080. The topological polar surface area (TPSA) is 114 Å². The first kappa shape index (κ1) is 26.5. The van der Waals surface area contributed by atoms with Crippen molar-refractivity contribution < 1.29 is 34.0 Å². The van der Waals surface area contributed by atoms with Crippen molar-refractivity contribution in [2.75, 3.05) is 6.61 Å². The monoisotopic (exact) mass is 505 g/mol. The van der Waals surface area contributed by atoms with Gasteiger partial charge < -0.3 is 29.7 Å². The molecule has 0 radical (unpaired) electrons. The molecule has 1 aliphatic rings. The van der Waals surface area contributed by atoms with Crippen molar-refractivity contribution in [2.24, 2.45) is 0 Å². The summed E-state index contributed by atoms with van der Waals surface area (Å²) >= 11 is 0. The minimum absolute atomic E-state index is 0.165. The Kier molecular flexibility index (Phi) is 8.35. The van der Waals surface area contributed by atoms with Gasteiger partial charge in [-0.25, -0.2) is 0 Å². The lowest BCUT2D eigenvalue weighted by Gasteiger charge is -2.44. The molecule has 194 valence electrons. The van der Waals surface area contributed by atoms with Crippen LogP contribution in [0.15, 0.2) is 91.0 Å². The number of amides is 1. The minimum atomic E-state index is -1.54. The van der Waals surface area contributed by atoms with E-state index in [4.69, 9.17) is 14.2 Å². The summed E-state index contributed by atoms with van der Waals surface area (Å²) in [4.78, 5) is 23.5. The van der Waals surface area contributed by atoms with Crippen molar-refractivity contribution in [3.63, 3.8) is 0 Å². The molecule has 0 unspecified atom stereocenters. The summed E-state index contributed by atoms with van der Waals surface area (Å²) in [6.07, 6.45) is -5.23. The number of carbonyl (C=O) groups excluding carboxylic acids is 2. The van der Waals surface area contributed by atoms with Crippen LogP contribution in [-0.2, 0) is 29.4 Å². The first-order valence-corrected chi connectivity index (χ1v) is 12.1. The first-order valence-electron chi connectivity index (χ1n) is 12.1. The fourth-order valence-electron chi connectivity index (χ4n) is 4.77. The number of hydrogen-bond donors (Lipinski definition) is 3. The van der Waals surface area contributed by atoms with E-state index in [9.17, 15) is 19.8 Å². The summed E-state index contributed by atoms with van der Waals surface area (Å²) in [5.74, 6) is -1.14. The SMILES string of the molecule is CC(=O)N[C@@H]1[C@@H](OC(C)=O)[C@H](O)[C@H](COC(c2ccccc2)(c2ccccc2)c2ccccc2)O[C@@H]1O. The lowest BCUT2D eigenvalue weighted by Crippen LogP contribution is -2.65. The summed E-state index contributed by atoms with van der Waals surface area (Å²) in [5.41, 5.74) is 1.48. The Morgan fingerprint density at radius 1 is 0.838 bits per heavy atom. The molecule has 3 N–H and O–H groups in total. The van der Waals surface area contributed by atoms with Crippen LogP contribution < -0.4 is 5.32 Å². The second-order valence-corrected chi connectivity index (χ2v) is 8.95. The third-order valence-corrected chi connectivity index (χ3v) is 6.37. The van der Waals surface area contributed by atoms with E-state index < -0.39 is 48.1 Å².